The Bertz CT molecular complexity index is 359. The Kier molecular flexibility index (Phi) is 4.25. The molecule has 1 N–H and O–H groups in total. The quantitative estimate of drug-likeness (QED) is 0.673. The van der Waals surface area contributed by atoms with Gasteiger partial charge in [-0.3, -0.25) is 4.79 Å². The van der Waals surface area contributed by atoms with Gasteiger partial charge >= 0.3 is 5.97 Å². The molecule has 0 fully saturated rings. The summed E-state index contributed by atoms with van der Waals surface area (Å²) in [5.41, 5.74) is 0. The van der Waals surface area contributed by atoms with E-state index in [1.165, 1.54) is 2.88 Å². The number of rotatable bonds is 2. The van der Waals surface area contributed by atoms with Crippen molar-refractivity contribution in [2.75, 3.05) is 0 Å². The van der Waals surface area contributed by atoms with Crippen LogP contribution in [0.2, 0.25) is 0 Å². The number of hydrogen-bond acceptors (Lipinski definition) is 2. The number of aliphatic carboxylic acids is 1. The topological polar surface area (TPSA) is 37.3 Å². The minimum atomic E-state index is -0.796. The molecule has 68 valence electrons. The number of halogens is 1. The molecule has 0 aliphatic heterocycles. The molecule has 0 bridgehead atoms. The lowest BCUT2D eigenvalue weighted by Crippen LogP contribution is -1.91. The highest BCUT2D eigenvalue weighted by Gasteiger charge is 1.93. The lowest BCUT2D eigenvalue weighted by molar-refractivity contribution is -0.136. The first-order valence-corrected chi connectivity index (χ1v) is 5.54. The molecule has 1 rings (SSSR count). The van der Waals surface area contributed by atoms with Crippen molar-refractivity contribution in [2.45, 2.75) is 12.8 Å². The van der Waals surface area contributed by atoms with Crippen molar-refractivity contribution < 1.29 is 9.90 Å². The summed E-state index contributed by atoms with van der Waals surface area (Å²) in [5.74, 6) is 4.95. The van der Waals surface area contributed by atoms with Gasteiger partial charge in [0.25, 0.3) is 0 Å². The van der Waals surface area contributed by atoms with Crippen LogP contribution in [-0.2, 0) is 4.79 Å². The van der Waals surface area contributed by atoms with Crippen LogP contribution in [0.25, 0.3) is 0 Å². The van der Waals surface area contributed by atoms with Crippen LogP contribution in [0.4, 0.5) is 0 Å². The summed E-state index contributed by atoms with van der Waals surface area (Å²) in [5, 5.41) is 8.35. The molecule has 0 saturated carbocycles. The first-order valence-electron chi connectivity index (χ1n) is 3.64. The van der Waals surface area contributed by atoms with Crippen molar-refractivity contribution >= 4 is 39.9 Å². The molecule has 0 saturated heterocycles. The van der Waals surface area contributed by atoms with Gasteiger partial charge in [0.2, 0.25) is 0 Å². The summed E-state index contributed by atoms with van der Waals surface area (Å²) in [7, 11) is 0. The maximum absolute atomic E-state index is 10.1. The van der Waals surface area contributed by atoms with E-state index in [9.17, 15) is 4.79 Å². The second-order valence-electron chi connectivity index (χ2n) is 2.30. The largest absolute Gasteiger partial charge is 0.481 e. The summed E-state index contributed by atoms with van der Waals surface area (Å²) in [6, 6.07) is 3.94. The molecular weight excluding hydrogens is 299 g/mol. The van der Waals surface area contributed by atoms with E-state index in [0.717, 1.165) is 4.88 Å². The fourth-order valence-electron chi connectivity index (χ4n) is 0.701. The Morgan fingerprint density at radius 3 is 2.92 bits per heavy atom. The Morgan fingerprint density at radius 1 is 1.62 bits per heavy atom. The van der Waals surface area contributed by atoms with E-state index < -0.39 is 5.97 Å². The Labute approximate surface area is 94.1 Å². The number of carboxylic acids is 1. The molecule has 0 aromatic carbocycles. The van der Waals surface area contributed by atoms with E-state index >= 15 is 0 Å². The average molecular weight is 306 g/mol. The highest BCUT2D eigenvalue weighted by molar-refractivity contribution is 14.1. The smallest absolute Gasteiger partial charge is 0.304 e. The van der Waals surface area contributed by atoms with Gasteiger partial charge in [-0.05, 0) is 34.7 Å². The third-order valence-electron chi connectivity index (χ3n) is 1.25. The summed E-state index contributed by atoms with van der Waals surface area (Å²) < 4.78 is 1.19. The summed E-state index contributed by atoms with van der Waals surface area (Å²) >= 11 is 3.84. The van der Waals surface area contributed by atoms with E-state index in [0.29, 0.717) is 6.42 Å². The fraction of sp³-hybridized carbons (Fsp3) is 0.222. The van der Waals surface area contributed by atoms with Crippen molar-refractivity contribution in [3.8, 4) is 11.8 Å². The number of thiophene rings is 1. The highest BCUT2D eigenvalue weighted by Crippen LogP contribution is 2.16. The molecule has 0 unspecified atom stereocenters. The van der Waals surface area contributed by atoms with Crippen molar-refractivity contribution in [2.24, 2.45) is 0 Å². The third kappa shape index (κ3) is 4.29. The summed E-state index contributed by atoms with van der Waals surface area (Å²) in [4.78, 5) is 11.1. The zero-order valence-corrected chi connectivity index (χ0v) is 9.68. The van der Waals surface area contributed by atoms with Crippen molar-refractivity contribution in [1.29, 1.82) is 0 Å². The zero-order valence-electron chi connectivity index (χ0n) is 6.71. The van der Waals surface area contributed by atoms with Gasteiger partial charge in [-0.25, -0.2) is 0 Å². The average Bonchev–Trinajstić information content (AvgIpc) is 2.45. The molecule has 13 heavy (non-hydrogen) atoms. The van der Waals surface area contributed by atoms with Gasteiger partial charge in [0.05, 0.1) is 14.2 Å². The van der Waals surface area contributed by atoms with E-state index in [2.05, 4.69) is 34.4 Å². The Morgan fingerprint density at radius 2 is 2.38 bits per heavy atom. The first kappa shape index (κ1) is 10.5. The maximum Gasteiger partial charge on any atom is 0.304 e. The number of carboxylic acid groups (broad SMARTS) is 1. The Balaban J connectivity index is 2.44. The Hall–Kier alpha value is -0.540. The van der Waals surface area contributed by atoms with E-state index in [-0.39, 0.29) is 6.42 Å². The predicted molar refractivity (Wildman–Crippen MR) is 60.8 cm³/mol. The van der Waals surface area contributed by atoms with Gasteiger partial charge in [-0.2, -0.15) is 0 Å². The molecule has 2 nitrogen and oxygen atoms in total. The van der Waals surface area contributed by atoms with Gasteiger partial charge in [-0.1, -0.05) is 11.8 Å². The minimum absolute atomic E-state index is 0.121. The van der Waals surface area contributed by atoms with Crippen LogP contribution in [0.3, 0.4) is 0 Å². The second-order valence-corrected chi connectivity index (χ2v) is 5.28. The molecular formula is C9H7IO2S. The number of hydrogen-bond donors (Lipinski definition) is 1. The van der Waals surface area contributed by atoms with Crippen LogP contribution in [0, 0.1) is 14.7 Å². The van der Waals surface area contributed by atoms with Crippen LogP contribution >= 0.6 is 33.9 Å². The first-order chi connectivity index (χ1) is 6.18. The molecule has 0 amide bonds. The van der Waals surface area contributed by atoms with Crippen LogP contribution < -0.4 is 0 Å². The third-order valence-corrected chi connectivity index (χ3v) is 3.06. The van der Waals surface area contributed by atoms with E-state index in [1.54, 1.807) is 11.3 Å². The van der Waals surface area contributed by atoms with Crippen molar-refractivity contribution in [3.05, 3.63) is 19.9 Å². The van der Waals surface area contributed by atoms with Crippen molar-refractivity contribution in [3.63, 3.8) is 0 Å². The lowest BCUT2D eigenvalue weighted by atomic mass is 10.3. The molecule has 1 aromatic heterocycles. The lowest BCUT2D eigenvalue weighted by Gasteiger charge is -1.82. The highest BCUT2D eigenvalue weighted by atomic mass is 127. The molecule has 1 heterocycles. The molecule has 0 aliphatic rings. The molecule has 1 aromatic rings. The minimum Gasteiger partial charge on any atom is -0.481 e. The SMILES string of the molecule is O=C(O)CCC#Cc1ccc(I)s1. The second kappa shape index (κ2) is 5.25. The molecule has 4 heteroatoms. The van der Waals surface area contributed by atoms with E-state index in [4.69, 9.17) is 5.11 Å². The van der Waals surface area contributed by atoms with Crippen LogP contribution in [0.1, 0.15) is 17.7 Å². The van der Waals surface area contributed by atoms with Gasteiger partial charge in [-0.15, -0.1) is 11.3 Å². The van der Waals surface area contributed by atoms with Crippen LogP contribution in [0.5, 0.6) is 0 Å². The van der Waals surface area contributed by atoms with Crippen LogP contribution in [-0.4, -0.2) is 11.1 Å². The molecule has 0 aliphatic carbocycles. The number of carbonyl (C=O) groups is 1. The molecule has 0 radical (unpaired) electrons. The van der Waals surface area contributed by atoms with Gasteiger partial charge in [0.1, 0.15) is 0 Å². The zero-order chi connectivity index (χ0) is 9.68. The standard InChI is InChI=1S/C9H7IO2S/c10-8-6-5-7(13-8)3-1-2-4-9(11)12/h5-6H,2,4H2,(H,11,12). The maximum atomic E-state index is 10.1. The normalized spacial score (nSPS) is 9.00. The molecule has 0 atom stereocenters. The van der Waals surface area contributed by atoms with E-state index in [1.807, 2.05) is 12.1 Å². The van der Waals surface area contributed by atoms with Crippen molar-refractivity contribution in [1.82, 2.24) is 0 Å². The van der Waals surface area contributed by atoms with Crippen LogP contribution in [0.15, 0.2) is 12.1 Å². The summed E-state index contributed by atoms with van der Waals surface area (Å²) in [6.07, 6.45) is 0.541. The predicted octanol–water partition coefficient (Wildman–Crippen LogP) is 2.57. The van der Waals surface area contributed by atoms with Gasteiger partial charge < -0.3 is 5.11 Å². The summed E-state index contributed by atoms with van der Waals surface area (Å²) in [6.45, 7) is 0. The fourth-order valence-corrected chi connectivity index (χ4v) is 2.20. The monoisotopic (exact) mass is 306 g/mol. The van der Waals surface area contributed by atoms with Gasteiger partial charge in [0.15, 0.2) is 0 Å². The molecule has 0 spiro atoms. The van der Waals surface area contributed by atoms with Gasteiger partial charge in [0, 0.05) is 6.42 Å².